The maximum Gasteiger partial charge on any atom is 0.321 e. The minimum atomic E-state index is -0.0290. The summed E-state index contributed by atoms with van der Waals surface area (Å²) >= 11 is 0. The summed E-state index contributed by atoms with van der Waals surface area (Å²) < 4.78 is 7.84. The van der Waals surface area contributed by atoms with Crippen molar-refractivity contribution in [2.45, 2.75) is 51.2 Å². The van der Waals surface area contributed by atoms with Crippen molar-refractivity contribution in [2.75, 3.05) is 18.4 Å². The molecule has 2 aliphatic rings. The zero-order valence-electron chi connectivity index (χ0n) is 15.6. The number of benzene rings is 1. The lowest BCUT2D eigenvalue weighted by Crippen LogP contribution is -2.41. The molecule has 144 valence electrons. The number of hydrogen-bond acceptors (Lipinski definition) is 4. The number of amides is 2. The number of anilines is 1. The number of piperidine rings is 1. The molecule has 2 amide bonds. The van der Waals surface area contributed by atoms with Crippen molar-refractivity contribution in [3.8, 4) is 5.75 Å². The minimum absolute atomic E-state index is 0.0290. The smallest absolute Gasteiger partial charge is 0.321 e. The number of nitrogens with zero attached hydrogens (tertiary/aromatic N) is 4. The molecule has 0 radical (unpaired) electrons. The molecule has 1 aromatic heterocycles. The van der Waals surface area contributed by atoms with Gasteiger partial charge in [0.25, 0.3) is 0 Å². The first-order valence-corrected chi connectivity index (χ1v) is 9.93. The Kier molecular flexibility index (Phi) is 5.55. The number of carbonyl (C=O) groups excluding carboxylic acids is 1. The van der Waals surface area contributed by atoms with Gasteiger partial charge in [-0.05, 0) is 68.7 Å². The quantitative estimate of drug-likeness (QED) is 0.875. The fourth-order valence-corrected chi connectivity index (χ4v) is 3.93. The van der Waals surface area contributed by atoms with Crippen LogP contribution in [0.25, 0.3) is 0 Å². The fourth-order valence-electron chi connectivity index (χ4n) is 3.93. The van der Waals surface area contributed by atoms with Gasteiger partial charge in [-0.1, -0.05) is 5.21 Å². The Hall–Kier alpha value is -2.57. The van der Waals surface area contributed by atoms with Crippen LogP contribution in [0.5, 0.6) is 5.75 Å². The predicted octanol–water partition coefficient (Wildman–Crippen LogP) is 3.54. The summed E-state index contributed by atoms with van der Waals surface area (Å²) in [5.41, 5.74) is 0.809. The van der Waals surface area contributed by atoms with E-state index in [2.05, 4.69) is 15.6 Å². The van der Waals surface area contributed by atoms with Crippen molar-refractivity contribution < 1.29 is 9.53 Å². The van der Waals surface area contributed by atoms with Crippen LogP contribution in [-0.4, -0.2) is 45.1 Å². The Morgan fingerprint density at radius 3 is 2.52 bits per heavy atom. The van der Waals surface area contributed by atoms with E-state index in [-0.39, 0.29) is 6.03 Å². The Labute approximate surface area is 159 Å². The molecule has 1 aliphatic carbocycles. The maximum absolute atomic E-state index is 12.5. The van der Waals surface area contributed by atoms with Gasteiger partial charge in [0.1, 0.15) is 5.75 Å². The van der Waals surface area contributed by atoms with Crippen LogP contribution in [0.1, 0.15) is 38.5 Å². The molecule has 7 heteroatoms. The van der Waals surface area contributed by atoms with Crippen LogP contribution < -0.4 is 10.1 Å². The van der Waals surface area contributed by atoms with Gasteiger partial charge in [0.05, 0.1) is 12.3 Å². The number of ether oxygens (including phenoxy) is 1. The molecule has 0 spiro atoms. The second kappa shape index (κ2) is 8.41. The highest BCUT2D eigenvalue weighted by molar-refractivity contribution is 5.89. The molecular weight excluding hydrogens is 342 g/mol. The fraction of sp³-hybridized carbons (Fsp3) is 0.550. The average molecular weight is 369 g/mol. The van der Waals surface area contributed by atoms with Gasteiger partial charge in [-0.15, -0.1) is 5.10 Å². The molecule has 2 fully saturated rings. The largest absolute Gasteiger partial charge is 0.490 e. The van der Waals surface area contributed by atoms with Gasteiger partial charge in [0.15, 0.2) is 0 Å². The second-order valence-corrected chi connectivity index (χ2v) is 7.53. The third-order valence-corrected chi connectivity index (χ3v) is 5.53. The van der Waals surface area contributed by atoms with Gasteiger partial charge in [-0.2, -0.15) is 0 Å². The van der Waals surface area contributed by atoms with Crippen LogP contribution in [0.15, 0.2) is 36.7 Å². The SMILES string of the molecule is O=C(Nc1ccc(OC2CCCC2)cc1)N1CCC(Cn2ccnn2)CC1. The number of rotatable bonds is 5. The molecule has 7 nitrogen and oxygen atoms in total. The van der Waals surface area contributed by atoms with Crippen LogP contribution in [-0.2, 0) is 6.54 Å². The third kappa shape index (κ3) is 4.78. The molecular formula is C20H27N5O2. The second-order valence-electron chi connectivity index (χ2n) is 7.53. The van der Waals surface area contributed by atoms with Crippen LogP contribution >= 0.6 is 0 Å². The standard InChI is InChI=1S/C20H27N5O2/c26-20(24-12-9-16(10-13-24)15-25-14-11-21-23-25)22-17-5-7-19(8-6-17)27-18-3-1-2-4-18/h5-8,11,14,16,18H,1-4,9-10,12-13,15H2,(H,22,26). The maximum atomic E-state index is 12.5. The van der Waals surface area contributed by atoms with Crippen molar-refractivity contribution in [2.24, 2.45) is 5.92 Å². The number of aromatic nitrogens is 3. The Bertz CT molecular complexity index is 717. The third-order valence-electron chi connectivity index (χ3n) is 5.53. The summed E-state index contributed by atoms with van der Waals surface area (Å²) in [6.45, 7) is 2.42. The van der Waals surface area contributed by atoms with Gasteiger partial charge >= 0.3 is 6.03 Å². The number of likely N-dealkylation sites (tertiary alicyclic amines) is 1. The molecule has 1 aromatic carbocycles. The lowest BCUT2D eigenvalue weighted by Gasteiger charge is -2.31. The summed E-state index contributed by atoms with van der Waals surface area (Å²) in [6, 6.07) is 7.69. The summed E-state index contributed by atoms with van der Waals surface area (Å²) in [4.78, 5) is 14.4. The highest BCUT2D eigenvalue weighted by atomic mass is 16.5. The molecule has 0 atom stereocenters. The zero-order chi connectivity index (χ0) is 18.5. The summed E-state index contributed by atoms with van der Waals surface area (Å²) in [5.74, 6) is 1.43. The van der Waals surface area contributed by atoms with Gasteiger partial charge in [0, 0.05) is 31.5 Å². The molecule has 1 saturated heterocycles. The van der Waals surface area contributed by atoms with Crippen molar-refractivity contribution in [1.29, 1.82) is 0 Å². The average Bonchev–Trinajstić information content (AvgIpc) is 3.38. The summed E-state index contributed by atoms with van der Waals surface area (Å²) in [6.07, 6.45) is 10.7. The van der Waals surface area contributed by atoms with E-state index < -0.39 is 0 Å². The van der Waals surface area contributed by atoms with Gasteiger partial charge in [-0.25, -0.2) is 4.79 Å². The van der Waals surface area contributed by atoms with Crippen LogP contribution in [0, 0.1) is 5.92 Å². The van der Waals surface area contributed by atoms with E-state index >= 15 is 0 Å². The molecule has 0 unspecified atom stereocenters. The number of carbonyl (C=O) groups is 1. The number of urea groups is 1. The van der Waals surface area contributed by atoms with E-state index in [1.165, 1.54) is 12.8 Å². The van der Waals surface area contributed by atoms with Gasteiger partial charge in [-0.3, -0.25) is 4.68 Å². The number of hydrogen-bond donors (Lipinski definition) is 1. The van der Waals surface area contributed by atoms with Crippen molar-refractivity contribution in [1.82, 2.24) is 19.9 Å². The normalized spacial score (nSPS) is 18.6. The molecule has 2 aromatic rings. The predicted molar refractivity (Wildman–Crippen MR) is 103 cm³/mol. The minimum Gasteiger partial charge on any atom is -0.490 e. The molecule has 2 heterocycles. The molecule has 0 bridgehead atoms. The van der Waals surface area contributed by atoms with E-state index in [1.54, 1.807) is 6.20 Å². The van der Waals surface area contributed by atoms with Crippen LogP contribution in [0.2, 0.25) is 0 Å². The Morgan fingerprint density at radius 1 is 1.11 bits per heavy atom. The van der Waals surface area contributed by atoms with E-state index in [1.807, 2.05) is 40.0 Å². The summed E-state index contributed by atoms with van der Waals surface area (Å²) in [7, 11) is 0. The lowest BCUT2D eigenvalue weighted by molar-refractivity contribution is 0.175. The Balaban J connectivity index is 1.23. The lowest BCUT2D eigenvalue weighted by atomic mass is 9.97. The highest BCUT2D eigenvalue weighted by Crippen LogP contribution is 2.25. The monoisotopic (exact) mass is 369 g/mol. The van der Waals surface area contributed by atoms with Crippen LogP contribution in [0.3, 0.4) is 0 Å². The van der Waals surface area contributed by atoms with E-state index in [4.69, 9.17) is 4.74 Å². The van der Waals surface area contributed by atoms with Gasteiger partial charge < -0.3 is 15.0 Å². The van der Waals surface area contributed by atoms with Crippen LogP contribution in [0.4, 0.5) is 10.5 Å². The van der Waals surface area contributed by atoms with E-state index in [0.717, 1.165) is 56.8 Å². The van der Waals surface area contributed by atoms with E-state index in [0.29, 0.717) is 12.0 Å². The molecule has 4 rings (SSSR count). The highest BCUT2D eigenvalue weighted by Gasteiger charge is 2.23. The van der Waals surface area contributed by atoms with Crippen molar-refractivity contribution >= 4 is 11.7 Å². The Morgan fingerprint density at radius 2 is 1.85 bits per heavy atom. The van der Waals surface area contributed by atoms with Crippen molar-refractivity contribution in [3.05, 3.63) is 36.7 Å². The summed E-state index contributed by atoms with van der Waals surface area (Å²) in [5, 5.41) is 10.9. The molecule has 1 N–H and O–H groups in total. The number of nitrogens with one attached hydrogen (secondary N) is 1. The molecule has 1 saturated carbocycles. The molecule has 27 heavy (non-hydrogen) atoms. The zero-order valence-corrected chi connectivity index (χ0v) is 15.6. The topological polar surface area (TPSA) is 72.3 Å². The van der Waals surface area contributed by atoms with Crippen molar-refractivity contribution in [3.63, 3.8) is 0 Å². The van der Waals surface area contributed by atoms with Gasteiger partial charge in [0.2, 0.25) is 0 Å². The first-order chi connectivity index (χ1) is 13.3. The first-order valence-electron chi connectivity index (χ1n) is 9.93. The first kappa shape index (κ1) is 17.8. The molecule has 1 aliphatic heterocycles. The van der Waals surface area contributed by atoms with E-state index in [9.17, 15) is 4.79 Å².